The van der Waals surface area contributed by atoms with Crippen LogP contribution in [0.1, 0.15) is 36.6 Å². The highest BCUT2D eigenvalue weighted by molar-refractivity contribution is 7.14. The fourth-order valence-corrected chi connectivity index (χ4v) is 6.50. The van der Waals surface area contributed by atoms with E-state index >= 15 is 0 Å². The van der Waals surface area contributed by atoms with E-state index in [0.29, 0.717) is 24.1 Å². The predicted molar refractivity (Wildman–Crippen MR) is 165 cm³/mol. The van der Waals surface area contributed by atoms with E-state index in [1.807, 2.05) is 30.3 Å². The third kappa shape index (κ3) is 7.07. The molecule has 2 N–H and O–H groups in total. The number of nitrogens with zero attached hydrogens (tertiary/aromatic N) is 4. The van der Waals surface area contributed by atoms with E-state index in [1.54, 1.807) is 31.8 Å². The van der Waals surface area contributed by atoms with E-state index in [4.69, 9.17) is 24.2 Å². The van der Waals surface area contributed by atoms with Gasteiger partial charge in [-0.2, -0.15) is 0 Å². The van der Waals surface area contributed by atoms with Crippen LogP contribution in [-0.4, -0.2) is 55.8 Å². The minimum absolute atomic E-state index is 0.374. The zero-order valence-corrected chi connectivity index (χ0v) is 25.7. The number of anilines is 3. The molecule has 0 bridgehead atoms. The van der Waals surface area contributed by atoms with Crippen LogP contribution < -0.4 is 20.1 Å². The van der Waals surface area contributed by atoms with Crippen molar-refractivity contribution in [1.82, 2.24) is 20.2 Å². The molecule has 1 saturated carbocycles. The number of hydrogen-bond acceptors (Lipinski definition) is 10. The van der Waals surface area contributed by atoms with Crippen molar-refractivity contribution in [2.75, 3.05) is 38.2 Å². The highest BCUT2D eigenvalue weighted by Gasteiger charge is 2.23. The van der Waals surface area contributed by atoms with Gasteiger partial charge in [-0.3, -0.25) is 4.98 Å². The molecule has 0 amide bonds. The molecule has 11 heteroatoms. The normalized spacial score (nSPS) is 14.0. The van der Waals surface area contributed by atoms with Crippen LogP contribution in [0.2, 0.25) is 25.7 Å². The number of nitrogens with one attached hydrogen (secondary N) is 2. The fourth-order valence-electron chi connectivity index (χ4n) is 4.71. The minimum atomic E-state index is -1.16. The molecular formula is C29H38N6O3SSi. The molecule has 40 heavy (non-hydrogen) atoms. The fraction of sp³-hybridized carbons (Fsp3) is 0.448. The molecule has 212 valence electrons. The molecule has 1 aromatic carbocycles. The Morgan fingerprint density at radius 3 is 2.38 bits per heavy atom. The summed E-state index contributed by atoms with van der Waals surface area (Å²) in [5, 5.41) is 17.9. The van der Waals surface area contributed by atoms with E-state index in [1.165, 1.54) is 25.7 Å². The van der Waals surface area contributed by atoms with Gasteiger partial charge in [-0.15, -0.1) is 10.2 Å². The van der Waals surface area contributed by atoms with E-state index in [-0.39, 0.29) is 0 Å². The summed E-state index contributed by atoms with van der Waals surface area (Å²) in [7, 11) is 2.11. The van der Waals surface area contributed by atoms with Gasteiger partial charge in [0.05, 0.1) is 42.7 Å². The molecule has 1 fully saturated rings. The quantitative estimate of drug-likeness (QED) is 0.102. The maximum absolute atomic E-state index is 5.95. The molecule has 9 nitrogen and oxygen atoms in total. The Morgan fingerprint density at radius 1 is 0.925 bits per heavy atom. The average Bonchev–Trinajstić information content (AvgIpc) is 3.64. The molecule has 4 aromatic rings. The standard InChI is InChI=1S/C29H38N6O3SSi/c1-36-22-12-20(13-23(15-22)37-2)32-21-14-26-25(30-17-21)16-24(27(33-26)31-18-38-10-11-40(3,4)5)29-35-34-28(39-29)19-8-6-7-9-19/h12-17,19,32H,6-11,18H2,1-5H3,(H,31,33). The van der Waals surface area contributed by atoms with Crippen LogP contribution in [0.25, 0.3) is 21.6 Å². The largest absolute Gasteiger partial charge is 0.497 e. The first-order chi connectivity index (χ1) is 19.3. The SMILES string of the molecule is COc1cc(Nc2cnc3cc(-c4nnc(C5CCCC5)s4)c(NCOCC[Si](C)(C)C)nc3c2)cc(OC)c1. The van der Waals surface area contributed by atoms with Crippen molar-refractivity contribution in [3.63, 3.8) is 0 Å². The highest BCUT2D eigenvalue weighted by Crippen LogP contribution is 2.39. The lowest BCUT2D eigenvalue weighted by molar-refractivity contribution is 0.165. The number of pyridine rings is 2. The maximum Gasteiger partial charge on any atom is 0.151 e. The van der Waals surface area contributed by atoms with Gasteiger partial charge in [0, 0.05) is 44.5 Å². The van der Waals surface area contributed by atoms with Gasteiger partial charge in [-0.05, 0) is 31.0 Å². The molecule has 0 spiro atoms. The molecule has 5 rings (SSSR count). The molecule has 0 aliphatic heterocycles. The second-order valence-electron chi connectivity index (χ2n) is 11.3. The van der Waals surface area contributed by atoms with Gasteiger partial charge in [0.2, 0.25) is 0 Å². The molecule has 0 atom stereocenters. The van der Waals surface area contributed by atoms with Crippen molar-refractivity contribution in [2.24, 2.45) is 0 Å². The second-order valence-corrected chi connectivity index (χ2v) is 18.0. The summed E-state index contributed by atoms with van der Waals surface area (Å²) in [6.07, 6.45) is 6.72. The summed E-state index contributed by atoms with van der Waals surface area (Å²) < 4.78 is 16.8. The van der Waals surface area contributed by atoms with Crippen LogP contribution in [0.4, 0.5) is 17.2 Å². The topological polar surface area (TPSA) is 103 Å². The molecule has 0 saturated heterocycles. The van der Waals surface area contributed by atoms with Crippen molar-refractivity contribution in [3.05, 3.63) is 41.5 Å². The van der Waals surface area contributed by atoms with Crippen LogP contribution in [-0.2, 0) is 4.74 Å². The molecule has 0 unspecified atom stereocenters. The molecule has 3 aromatic heterocycles. The van der Waals surface area contributed by atoms with E-state index < -0.39 is 8.07 Å². The Labute approximate surface area is 240 Å². The van der Waals surface area contributed by atoms with Gasteiger partial charge in [-0.25, -0.2) is 4.98 Å². The van der Waals surface area contributed by atoms with Crippen molar-refractivity contribution in [2.45, 2.75) is 57.3 Å². The number of aromatic nitrogens is 4. The first kappa shape index (κ1) is 28.3. The number of hydrogen-bond donors (Lipinski definition) is 2. The number of benzene rings is 1. The summed E-state index contributed by atoms with van der Waals surface area (Å²) in [4.78, 5) is 9.70. The van der Waals surface area contributed by atoms with Crippen LogP contribution in [0, 0.1) is 0 Å². The first-order valence-electron chi connectivity index (χ1n) is 13.8. The number of ether oxygens (including phenoxy) is 3. The molecule has 3 heterocycles. The Morgan fingerprint density at radius 2 is 1.68 bits per heavy atom. The lowest BCUT2D eigenvalue weighted by Crippen LogP contribution is -2.22. The van der Waals surface area contributed by atoms with Crippen molar-refractivity contribution in [1.29, 1.82) is 0 Å². The van der Waals surface area contributed by atoms with Gasteiger partial charge < -0.3 is 24.8 Å². The number of rotatable bonds is 12. The summed E-state index contributed by atoms with van der Waals surface area (Å²) in [6, 6.07) is 10.8. The van der Waals surface area contributed by atoms with Gasteiger partial charge in [0.15, 0.2) is 5.01 Å². The summed E-state index contributed by atoms with van der Waals surface area (Å²) in [5.74, 6) is 2.64. The summed E-state index contributed by atoms with van der Waals surface area (Å²) in [5.41, 5.74) is 4.07. The molecule has 1 aliphatic rings. The number of methoxy groups -OCH3 is 2. The molecular weight excluding hydrogens is 541 g/mol. The highest BCUT2D eigenvalue weighted by atomic mass is 32.1. The van der Waals surface area contributed by atoms with Crippen molar-refractivity contribution < 1.29 is 14.2 Å². The van der Waals surface area contributed by atoms with Crippen LogP contribution >= 0.6 is 11.3 Å². The van der Waals surface area contributed by atoms with Gasteiger partial charge in [0.25, 0.3) is 0 Å². The third-order valence-corrected chi connectivity index (χ3v) is 9.84. The van der Waals surface area contributed by atoms with Crippen molar-refractivity contribution in [3.8, 4) is 22.1 Å². The van der Waals surface area contributed by atoms with Gasteiger partial charge in [0.1, 0.15) is 29.1 Å². The Bertz CT molecular complexity index is 1430. The van der Waals surface area contributed by atoms with Crippen LogP contribution in [0.15, 0.2) is 36.5 Å². The van der Waals surface area contributed by atoms with Crippen molar-refractivity contribution >= 4 is 47.6 Å². The number of fused-ring (bicyclic) bond motifs is 1. The third-order valence-electron chi connectivity index (χ3n) is 7.02. The van der Waals surface area contributed by atoms with Gasteiger partial charge in [-0.1, -0.05) is 43.8 Å². The van der Waals surface area contributed by atoms with Crippen LogP contribution in [0.3, 0.4) is 0 Å². The van der Waals surface area contributed by atoms with E-state index in [2.05, 4.69) is 40.5 Å². The lowest BCUT2D eigenvalue weighted by Gasteiger charge is -2.16. The monoisotopic (exact) mass is 578 g/mol. The smallest absolute Gasteiger partial charge is 0.151 e. The zero-order valence-electron chi connectivity index (χ0n) is 23.9. The Balaban J connectivity index is 1.43. The Kier molecular flexibility index (Phi) is 8.82. The first-order valence-corrected chi connectivity index (χ1v) is 18.3. The second kappa shape index (κ2) is 12.5. The molecule has 0 radical (unpaired) electrons. The zero-order chi connectivity index (χ0) is 28.1. The Hall–Kier alpha value is -3.28. The van der Waals surface area contributed by atoms with Gasteiger partial charge >= 0.3 is 0 Å². The average molecular weight is 579 g/mol. The lowest BCUT2D eigenvalue weighted by atomic mass is 10.1. The summed E-state index contributed by atoms with van der Waals surface area (Å²) >= 11 is 1.66. The van der Waals surface area contributed by atoms with E-state index in [0.717, 1.165) is 56.5 Å². The molecule has 1 aliphatic carbocycles. The van der Waals surface area contributed by atoms with Crippen LogP contribution in [0.5, 0.6) is 11.5 Å². The summed E-state index contributed by atoms with van der Waals surface area (Å²) in [6.45, 7) is 8.16. The predicted octanol–water partition coefficient (Wildman–Crippen LogP) is 7.29. The minimum Gasteiger partial charge on any atom is -0.497 e. The maximum atomic E-state index is 5.95. The van der Waals surface area contributed by atoms with E-state index in [9.17, 15) is 0 Å².